The molecule has 0 spiro atoms. The van der Waals surface area contributed by atoms with E-state index in [9.17, 15) is 27.1 Å². The molecular formula is C13H7F5O. The minimum absolute atomic E-state index is 0.245. The summed E-state index contributed by atoms with van der Waals surface area (Å²) in [5.41, 5.74) is -1.07. The predicted octanol–water partition coefficient (Wildman–Crippen LogP) is 3.46. The highest BCUT2D eigenvalue weighted by molar-refractivity contribution is 5.32. The molecule has 2 aromatic rings. The molecule has 0 aromatic heterocycles. The zero-order valence-corrected chi connectivity index (χ0v) is 9.30. The molecule has 1 atom stereocenters. The van der Waals surface area contributed by atoms with Crippen molar-refractivity contribution < 1.29 is 27.1 Å². The Balaban J connectivity index is 2.49. The summed E-state index contributed by atoms with van der Waals surface area (Å²) in [6, 6.07) is 2.93. The summed E-state index contributed by atoms with van der Waals surface area (Å²) in [5.74, 6) is -6.02. The monoisotopic (exact) mass is 274 g/mol. The molecule has 2 aromatic carbocycles. The zero-order chi connectivity index (χ0) is 14.2. The third-order valence-electron chi connectivity index (χ3n) is 2.59. The standard InChI is InChI=1S/C13H7F5O/c14-6-1-2-7(9(15)3-6)13(19)8-4-11(17)12(18)5-10(8)16/h1-5,13,19H. The van der Waals surface area contributed by atoms with E-state index in [0.29, 0.717) is 12.1 Å². The van der Waals surface area contributed by atoms with Crippen molar-refractivity contribution in [3.63, 3.8) is 0 Å². The van der Waals surface area contributed by atoms with Gasteiger partial charge in [-0.15, -0.1) is 0 Å². The summed E-state index contributed by atoms with van der Waals surface area (Å²) in [5, 5.41) is 9.77. The molecule has 0 saturated heterocycles. The Morgan fingerprint density at radius 2 is 1.26 bits per heavy atom. The molecule has 1 N–H and O–H groups in total. The van der Waals surface area contributed by atoms with E-state index in [2.05, 4.69) is 0 Å². The van der Waals surface area contributed by atoms with E-state index in [-0.39, 0.29) is 6.07 Å². The molecule has 0 saturated carbocycles. The molecule has 6 heteroatoms. The molecule has 1 unspecified atom stereocenters. The number of aliphatic hydroxyl groups is 1. The van der Waals surface area contributed by atoms with E-state index >= 15 is 0 Å². The molecule has 0 amide bonds. The second-order valence-electron chi connectivity index (χ2n) is 3.86. The number of hydrogen-bond acceptors (Lipinski definition) is 1. The van der Waals surface area contributed by atoms with Gasteiger partial charge in [-0.2, -0.15) is 0 Å². The van der Waals surface area contributed by atoms with Gasteiger partial charge in [-0.3, -0.25) is 0 Å². The number of rotatable bonds is 2. The van der Waals surface area contributed by atoms with Crippen LogP contribution >= 0.6 is 0 Å². The van der Waals surface area contributed by atoms with Crippen molar-refractivity contribution in [2.75, 3.05) is 0 Å². The number of aliphatic hydroxyl groups excluding tert-OH is 1. The minimum Gasteiger partial charge on any atom is -0.383 e. The maximum absolute atomic E-state index is 13.4. The van der Waals surface area contributed by atoms with Crippen LogP contribution in [0.2, 0.25) is 0 Å². The van der Waals surface area contributed by atoms with Gasteiger partial charge in [0.1, 0.15) is 23.6 Å². The molecule has 0 aliphatic carbocycles. The van der Waals surface area contributed by atoms with Crippen LogP contribution in [0.3, 0.4) is 0 Å². The summed E-state index contributed by atoms with van der Waals surface area (Å²) in [6.45, 7) is 0. The second-order valence-corrected chi connectivity index (χ2v) is 3.86. The second kappa shape index (κ2) is 4.97. The Bertz CT molecular complexity index is 627. The van der Waals surface area contributed by atoms with Gasteiger partial charge in [0, 0.05) is 23.3 Å². The Hall–Kier alpha value is -1.95. The highest BCUT2D eigenvalue weighted by Crippen LogP contribution is 2.28. The van der Waals surface area contributed by atoms with Gasteiger partial charge in [0.25, 0.3) is 0 Å². The van der Waals surface area contributed by atoms with Gasteiger partial charge in [0.05, 0.1) is 0 Å². The summed E-state index contributed by atoms with van der Waals surface area (Å²) in [7, 11) is 0. The van der Waals surface area contributed by atoms with E-state index in [4.69, 9.17) is 0 Å². The van der Waals surface area contributed by atoms with Gasteiger partial charge in [-0.1, -0.05) is 6.07 Å². The smallest absolute Gasteiger partial charge is 0.161 e. The Morgan fingerprint density at radius 3 is 1.89 bits per heavy atom. The molecule has 1 nitrogen and oxygen atoms in total. The quantitative estimate of drug-likeness (QED) is 0.656. The van der Waals surface area contributed by atoms with Crippen LogP contribution in [0.15, 0.2) is 30.3 Å². The first-order valence-corrected chi connectivity index (χ1v) is 5.17. The van der Waals surface area contributed by atoms with Crippen LogP contribution < -0.4 is 0 Å². The Kier molecular flexibility index (Phi) is 3.53. The van der Waals surface area contributed by atoms with Gasteiger partial charge in [-0.25, -0.2) is 22.0 Å². The average Bonchev–Trinajstić information content (AvgIpc) is 2.33. The lowest BCUT2D eigenvalue weighted by Crippen LogP contribution is -2.07. The van der Waals surface area contributed by atoms with Crippen molar-refractivity contribution in [3.8, 4) is 0 Å². The molecule has 0 fully saturated rings. The molecular weight excluding hydrogens is 267 g/mol. The maximum Gasteiger partial charge on any atom is 0.161 e. The van der Waals surface area contributed by atoms with E-state index in [1.807, 2.05) is 0 Å². The van der Waals surface area contributed by atoms with E-state index in [1.165, 1.54) is 0 Å². The molecule has 0 heterocycles. The summed E-state index contributed by atoms with van der Waals surface area (Å²) in [6.07, 6.45) is -1.87. The fourth-order valence-corrected chi connectivity index (χ4v) is 1.64. The third kappa shape index (κ3) is 2.58. The van der Waals surface area contributed by atoms with E-state index < -0.39 is 46.3 Å². The average molecular weight is 274 g/mol. The van der Waals surface area contributed by atoms with Crippen LogP contribution in [-0.4, -0.2) is 5.11 Å². The van der Waals surface area contributed by atoms with Crippen molar-refractivity contribution in [3.05, 3.63) is 70.5 Å². The number of benzene rings is 2. The fraction of sp³-hybridized carbons (Fsp3) is 0.0769. The van der Waals surface area contributed by atoms with Gasteiger partial charge in [0.2, 0.25) is 0 Å². The first-order valence-electron chi connectivity index (χ1n) is 5.17. The number of hydrogen-bond donors (Lipinski definition) is 1. The normalized spacial score (nSPS) is 12.5. The molecule has 19 heavy (non-hydrogen) atoms. The maximum atomic E-state index is 13.4. The summed E-state index contributed by atoms with van der Waals surface area (Å²) < 4.78 is 65.3. The van der Waals surface area contributed by atoms with Crippen molar-refractivity contribution in [1.29, 1.82) is 0 Å². The molecule has 0 aliphatic rings. The van der Waals surface area contributed by atoms with E-state index in [1.54, 1.807) is 0 Å². The Morgan fingerprint density at radius 1 is 0.684 bits per heavy atom. The van der Waals surface area contributed by atoms with Gasteiger partial charge < -0.3 is 5.11 Å². The van der Waals surface area contributed by atoms with Crippen LogP contribution in [0.25, 0.3) is 0 Å². The molecule has 0 bridgehead atoms. The lowest BCUT2D eigenvalue weighted by Gasteiger charge is -2.13. The van der Waals surface area contributed by atoms with E-state index in [0.717, 1.165) is 12.1 Å². The lowest BCUT2D eigenvalue weighted by molar-refractivity contribution is 0.208. The van der Waals surface area contributed by atoms with Crippen molar-refractivity contribution in [2.45, 2.75) is 6.10 Å². The molecule has 0 aliphatic heterocycles. The molecule has 2 rings (SSSR count). The van der Waals surface area contributed by atoms with Crippen molar-refractivity contribution in [1.82, 2.24) is 0 Å². The van der Waals surface area contributed by atoms with Crippen LogP contribution in [-0.2, 0) is 0 Å². The zero-order valence-electron chi connectivity index (χ0n) is 9.30. The lowest BCUT2D eigenvalue weighted by atomic mass is 10.00. The highest BCUT2D eigenvalue weighted by Gasteiger charge is 2.21. The number of halogens is 5. The van der Waals surface area contributed by atoms with Gasteiger partial charge >= 0.3 is 0 Å². The van der Waals surface area contributed by atoms with Crippen LogP contribution in [0.5, 0.6) is 0 Å². The van der Waals surface area contributed by atoms with Crippen LogP contribution in [0.1, 0.15) is 17.2 Å². The van der Waals surface area contributed by atoms with Crippen molar-refractivity contribution in [2.24, 2.45) is 0 Å². The van der Waals surface area contributed by atoms with Crippen LogP contribution in [0, 0.1) is 29.1 Å². The summed E-state index contributed by atoms with van der Waals surface area (Å²) >= 11 is 0. The first-order chi connectivity index (χ1) is 8.90. The largest absolute Gasteiger partial charge is 0.383 e. The topological polar surface area (TPSA) is 20.2 Å². The highest BCUT2D eigenvalue weighted by atomic mass is 19.2. The van der Waals surface area contributed by atoms with Crippen LogP contribution in [0.4, 0.5) is 22.0 Å². The molecule has 100 valence electrons. The SMILES string of the molecule is OC(c1ccc(F)cc1F)c1cc(F)c(F)cc1F. The first kappa shape index (κ1) is 13.5. The minimum atomic E-state index is -1.87. The van der Waals surface area contributed by atoms with Crippen molar-refractivity contribution >= 4 is 0 Å². The van der Waals surface area contributed by atoms with Gasteiger partial charge in [-0.05, 0) is 12.1 Å². The molecule has 0 radical (unpaired) electrons. The predicted molar refractivity (Wildman–Crippen MR) is 56.7 cm³/mol. The Labute approximate surface area is 104 Å². The summed E-state index contributed by atoms with van der Waals surface area (Å²) in [4.78, 5) is 0. The van der Waals surface area contributed by atoms with Gasteiger partial charge in [0.15, 0.2) is 11.6 Å². The fourth-order valence-electron chi connectivity index (χ4n) is 1.64. The third-order valence-corrected chi connectivity index (χ3v) is 2.59.